The Hall–Kier alpha value is -1.98. The molecule has 2 aliphatic rings. The van der Waals surface area contributed by atoms with Gasteiger partial charge in [0.25, 0.3) is 5.69 Å². The van der Waals surface area contributed by atoms with Crippen LogP contribution >= 0.6 is 0 Å². The standard InChI is InChI=1S/C15H11N4O2.C5H5.Fe/c16-15-17-13(10-3-1-2-4-10)9-14(18-15)11-5-7-12(8-6-11)19(20)21;1-2-4-5-3-1;/h1-9H,(H2,16,17,18);1-5H;/q;;+2. The first kappa shape index (κ1) is 21.3. The predicted octanol–water partition coefficient (Wildman–Crippen LogP) is 3.41. The van der Waals surface area contributed by atoms with Crippen molar-refractivity contribution in [2.24, 2.45) is 0 Å². The van der Waals surface area contributed by atoms with Gasteiger partial charge in [0.15, 0.2) is 0 Å². The van der Waals surface area contributed by atoms with Crippen molar-refractivity contribution in [3.8, 4) is 11.3 Å². The summed E-state index contributed by atoms with van der Waals surface area (Å²) in [6.45, 7) is 0. The van der Waals surface area contributed by atoms with E-state index in [2.05, 4.69) is 9.97 Å². The van der Waals surface area contributed by atoms with Gasteiger partial charge in [-0.05, 0) is 76.0 Å². The Bertz CT molecular complexity index is 735. The molecule has 7 heteroatoms. The number of nitro benzene ring substituents is 1. The molecule has 0 saturated heterocycles. The summed E-state index contributed by atoms with van der Waals surface area (Å²) in [7, 11) is 0. The number of nitrogens with zero attached hydrogens (tertiary/aromatic N) is 3. The summed E-state index contributed by atoms with van der Waals surface area (Å²) in [6.07, 6.45) is 17.7. The molecule has 0 bridgehead atoms. The second-order valence-electron chi connectivity index (χ2n) is 5.44. The van der Waals surface area contributed by atoms with Crippen LogP contribution < -0.4 is 5.73 Å². The first-order valence-electron chi connectivity index (χ1n) is 7.91. The molecule has 4 rings (SSSR count). The summed E-state index contributed by atoms with van der Waals surface area (Å²) in [5, 5.41) is 10.7. The van der Waals surface area contributed by atoms with Crippen LogP contribution in [0.5, 0.6) is 0 Å². The fourth-order valence-electron chi connectivity index (χ4n) is 2.38. The molecule has 2 saturated carbocycles. The minimum absolute atomic E-state index is 0. The van der Waals surface area contributed by atoms with Crippen LogP contribution in [-0.2, 0) is 17.1 Å². The first-order valence-corrected chi connectivity index (χ1v) is 7.91. The number of nitrogens with two attached hydrogens (primary N) is 1. The van der Waals surface area contributed by atoms with Crippen molar-refractivity contribution in [2.75, 3.05) is 5.73 Å². The third-order valence-corrected chi connectivity index (χ3v) is 3.63. The number of aromatic nitrogens is 2. The largest absolute Gasteiger partial charge is 2.00 e. The number of nitro groups is 1. The molecule has 0 atom stereocenters. The summed E-state index contributed by atoms with van der Waals surface area (Å²) in [5.41, 5.74) is 7.90. The van der Waals surface area contributed by atoms with Gasteiger partial charge in [-0.1, -0.05) is 0 Å². The molecule has 0 amide bonds. The van der Waals surface area contributed by atoms with E-state index >= 15 is 0 Å². The third kappa shape index (κ3) is 6.01. The monoisotopic (exact) mass is 400 g/mol. The van der Waals surface area contributed by atoms with Gasteiger partial charge in [0, 0.05) is 23.6 Å². The summed E-state index contributed by atoms with van der Waals surface area (Å²) >= 11 is 0. The molecule has 2 fully saturated rings. The molecule has 134 valence electrons. The van der Waals surface area contributed by atoms with Gasteiger partial charge in [-0.25, -0.2) is 9.97 Å². The van der Waals surface area contributed by atoms with Crippen molar-refractivity contribution in [3.05, 3.63) is 110 Å². The molecule has 2 N–H and O–H groups in total. The number of nitrogen functional groups attached to an aromatic ring is 1. The van der Waals surface area contributed by atoms with Gasteiger partial charge in [0.05, 0.1) is 16.3 Å². The summed E-state index contributed by atoms with van der Waals surface area (Å²) < 4.78 is 0. The number of benzene rings is 1. The Kier molecular flexibility index (Phi) is 8.20. The maximum Gasteiger partial charge on any atom is 2.00 e. The van der Waals surface area contributed by atoms with Crippen molar-refractivity contribution < 1.29 is 22.0 Å². The van der Waals surface area contributed by atoms with Gasteiger partial charge in [-0.3, -0.25) is 10.1 Å². The van der Waals surface area contributed by atoms with Crippen LogP contribution in [-0.4, -0.2) is 14.9 Å². The third-order valence-electron chi connectivity index (χ3n) is 3.63. The maximum atomic E-state index is 10.7. The van der Waals surface area contributed by atoms with Crippen molar-refractivity contribution in [2.45, 2.75) is 0 Å². The van der Waals surface area contributed by atoms with E-state index in [1.165, 1.54) is 12.1 Å². The SMILES string of the molecule is Nc1nc([C]2[CH][CH][CH][CH]2)cc(-c2ccc([N+](=O)[O-])cc2)n1.[CH]1[CH][CH][CH][CH]1.[Fe+2]. The number of hydrogen-bond donors (Lipinski definition) is 1. The molecular weight excluding hydrogens is 384 g/mol. The van der Waals surface area contributed by atoms with Crippen LogP contribution in [0.15, 0.2) is 30.3 Å². The van der Waals surface area contributed by atoms with E-state index in [0.717, 1.165) is 17.2 Å². The zero-order valence-electron chi connectivity index (χ0n) is 14.2. The van der Waals surface area contributed by atoms with E-state index in [4.69, 9.17) is 5.73 Å². The van der Waals surface area contributed by atoms with Crippen LogP contribution in [0.25, 0.3) is 11.3 Å². The van der Waals surface area contributed by atoms with Gasteiger partial charge in [-0.2, -0.15) is 0 Å². The molecule has 0 unspecified atom stereocenters. The Morgan fingerprint density at radius 2 is 1.33 bits per heavy atom. The van der Waals surface area contributed by atoms with Gasteiger partial charge in [0.1, 0.15) is 0 Å². The maximum absolute atomic E-state index is 10.7. The van der Waals surface area contributed by atoms with Crippen molar-refractivity contribution in [3.63, 3.8) is 0 Å². The summed E-state index contributed by atoms with van der Waals surface area (Å²) in [6, 6.07) is 7.99. The van der Waals surface area contributed by atoms with E-state index in [0.29, 0.717) is 5.69 Å². The smallest absolute Gasteiger partial charge is 0.368 e. The molecule has 2 aromatic rings. The van der Waals surface area contributed by atoms with Crippen molar-refractivity contribution >= 4 is 11.6 Å². The number of hydrogen-bond acceptors (Lipinski definition) is 5. The van der Waals surface area contributed by atoms with E-state index in [9.17, 15) is 10.1 Å². The molecule has 6 nitrogen and oxygen atoms in total. The van der Waals surface area contributed by atoms with E-state index in [-0.39, 0.29) is 28.7 Å². The number of non-ortho nitro benzene ring substituents is 1. The molecule has 1 aromatic heterocycles. The topological polar surface area (TPSA) is 94.9 Å². The van der Waals surface area contributed by atoms with Crippen LogP contribution in [0.3, 0.4) is 0 Å². The molecular formula is C20H16FeN4O2+2. The fourth-order valence-corrected chi connectivity index (χ4v) is 2.38. The second kappa shape index (κ2) is 10.4. The quantitative estimate of drug-likeness (QED) is 0.484. The summed E-state index contributed by atoms with van der Waals surface area (Å²) in [4.78, 5) is 18.6. The normalized spacial score (nSPS) is 16.3. The van der Waals surface area contributed by atoms with Crippen LogP contribution in [0.2, 0.25) is 0 Å². The summed E-state index contributed by atoms with van der Waals surface area (Å²) in [5.74, 6) is 1.12. The van der Waals surface area contributed by atoms with Gasteiger partial charge < -0.3 is 5.73 Å². The van der Waals surface area contributed by atoms with Crippen molar-refractivity contribution in [1.29, 1.82) is 0 Å². The van der Waals surface area contributed by atoms with E-state index in [1.54, 1.807) is 12.1 Å². The van der Waals surface area contributed by atoms with E-state index < -0.39 is 4.92 Å². The molecule has 2 aliphatic carbocycles. The molecule has 1 aromatic carbocycles. The minimum Gasteiger partial charge on any atom is -0.368 e. The van der Waals surface area contributed by atoms with E-state index in [1.807, 2.05) is 63.9 Å². The Morgan fingerprint density at radius 3 is 1.85 bits per heavy atom. The Labute approximate surface area is 170 Å². The van der Waals surface area contributed by atoms with Crippen LogP contribution in [0.1, 0.15) is 5.69 Å². The van der Waals surface area contributed by atoms with Crippen LogP contribution in [0.4, 0.5) is 11.6 Å². The number of anilines is 1. The molecule has 27 heavy (non-hydrogen) atoms. The Morgan fingerprint density at radius 1 is 0.815 bits per heavy atom. The predicted molar refractivity (Wildman–Crippen MR) is 99.6 cm³/mol. The molecule has 1 heterocycles. The zero-order chi connectivity index (χ0) is 18.4. The number of rotatable bonds is 3. The van der Waals surface area contributed by atoms with Gasteiger partial charge in [0.2, 0.25) is 5.95 Å². The minimum atomic E-state index is -0.437. The molecule has 0 aliphatic heterocycles. The first-order chi connectivity index (χ1) is 12.6. The average Bonchev–Trinajstić information content (AvgIpc) is 3.37. The zero-order valence-corrected chi connectivity index (χ0v) is 15.3. The molecule has 0 spiro atoms. The van der Waals surface area contributed by atoms with Crippen LogP contribution in [0, 0.1) is 73.8 Å². The fraction of sp³-hybridized carbons (Fsp3) is 0. The van der Waals surface area contributed by atoms with Gasteiger partial charge >= 0.3 is 17.1 Å². The average molecular weight is 400 g/mol. The Balaban J connectivity index is 0.000000379. The second-order valence-corrected chi connectivity index (χ2v) is 5.44. The van der Waals surface area contributed by atoms with Gasteiger partial charge in [-0.15, -0.1) is 0 Å². The molecule has 10 radical (unpaired) electrons. The van der Waals surface area contributed by atoms with Crippen molar-refractivity contribution in [1.82, 2.24) is 9.97 Å².